The number of hydrogen-bond acceptors (Lipinski definition) is 6. The highest BCUT2D eigenvalue weighted by Crippen LogP contribution is 2.15. The second kappa shape index (κ2) is 7.04. The summed E-state index contributed by atoms with van der Waals surface area (Å²) >= 11 is 0. The molecule has 0 spiro atoms. The van der Waals surface area contributed by atoms with Crippen molar-refractivity contribution in [1.29, 1.82) is 0 Å². The molecule has 2 rings (SSSR count). The molecule has 0 aliphatic rings. The zero-order valence-corrected chi connectivity index (χ0v) is 11.7. The highest BCUT2D eigenvalue weighted by molar-refractivity contribution is 5.89. The molecule has 0 aliphatic heterocycles. The normalized spacial score (nSPS) is 9.76. The number of ether oxygens (including phenoxy) is 1. The van der Waals surface area contributed by atoms with Crippen LogP contribution < -0.4 is 10.6 Å². The Hall–Kier alpha value is -2.89. The van der Waals surface area contributed by atoms with Crippen molar-refractivity contribution in [2.45, 2.75) is 0 Å². The first-order valence-electron chi connectivity index (χ1n) is 6.36. The van der Waals surface area contributed by atoms with Crippen LogP contribution in [0, 0.1) is 0 Å². The maximum Gasteiger partial charge on any atom is 0.337 e. The lowest BCUT2D eigenvalue weighted by Gasteiger charge is -2.07. The Morgan fingerprint density at radius 2 is 2.10 bits per heavy atom. The first-order valence-corrected chi connectivity index (χ1v) is 6.36. The average Bonchev–Trinajstić information content (AvgIpc) is 2.53. The lowest BCUT2D eigenvalue weighted by Crippen LogP contribution is -2.04. The zero-order chi connectivity index (χ0) is 15.1. The summed E-state index contributed by atoms with van der Waals surface area (Å²) in [6.45, 7) is 4.27. The molecular formula is C15H16N4O2. The molecule has 0 amide bonds. The van der Waals surface area contributed by atoms with E-state index in [4.69, 9.17) is 0 Å². The predicted octanol–water partition coefficient (Wildman–Crippen LogP) is 2.60. The van der Waals surface area contributed by atoms with Crippen molar-refractivity contribution in [3.63, 3.8) is 0 Å². The quantitative estimate of drug-likeness (QED) is 0.627. The molecular weight excluding hydrogens is 268 g/mol. The summed E-state index contributed by atoms with van der Waals surface area (Å²) in [5.74, 6) is 0.807. The summed E-state index contributed by atoms with van der Waals surface area (Å²) in [4.78, 5) is 19.8. The van der Waals surface area contributed by atoms with Crippen molar-refractivity contribution in [3.05, 3.63) is 54.7 Å². The van der Waals surface area contributed by atoms with Crippen LogP contribution in [-0.2, 0) is 4.74 Å². The maximum atomic E-state index is 11.3. The van der Waals surface area contributed by atoms with E-state index in [0.717, 1.165) is 5.69 Å². The number of methoxy groups -OCH3 is 1. The molecule has 0 bridgehead atoms. The van der Waals surface area contributed by atoms with E-state index >= 15 is 0 Å². The minimum Gasteiger partial charge on any atom is -0.465 e. The van der Waals surface area contributed by atoms with Gasteiger partial charge in [-0.25, -0.2) is 9.78 Å². The summed E-state index contributed by atoms with van der Waals surface area (Å²) in [5.41, 5.74) is 1.27. The Labute approximate surface area is 122 Å². The van der Waals surface area contributed by atoms with Gasteiger partial charge < -0.3 is 15.4 Å². The molecule has 0 saturated heterocycles. The minimum atomic E-state index is -0.367. The summed E-state index contributed by atoms with van der Waals surface area (Å²) in [7, 11) is 1.35. The fraction of sp³-hybridized carbons (Fsp3) is 0.133. The number of benzene rings is 1. The molecule has 2 aromatic rings. The van der Waals surface area contributed by atoms with Gasteiger partial charge in [0.15, 0.2) is 0 Å². The molecule has 1 heterocycles. The van der Waals surface area contributed by atoms with Crippen molar-refractivity contribution >= 4 is 23.4 Å². The highest BCUT2D eigenvalue weighted by atomic mass is 16.5. The second-order valence-electron chi connectivity index (χ2n) is 4.13. The predicted molar refractivity (Wildman–Crippen MR) is 81.8 cm³/mol. The molecule has 108 valence electrons. The van der Waals surface area contributed by atoms with Gasteiger partial charge in [-0.1, -0.05) is 6.08 Å². The van der Waals surface area contributed by atoms with E-state index in [1.807, 2.05) is 0 Å². The third-order valence-corrected chi connectivity index (χ3v) is 2.65. The largest absolute Gasteiger partial charge is 0.465 e. The van der Waals surface area contributed by atoms with E-state index in [2.05, 4.69) is 31.9 Å². The third kappa shape index (κ3) is 4.04. The van der Waals surface area contributed by atoms with Crippen LogP contribution in [0.25, 0.3) is 0 Å². The van der Waals surface area contributed by atoms with Gasteiger partial charge in [0.2, 0.25) is 5.95 Å². The average molecular weight is 284 g/mol. The van der Waals surface area contributed by atoms with Gasteiger partial charge in [0.1, 0.15) is 5.82 Å². The molecule has 0 unspecified atom stereocenters. The Balaban J connectivity index is 2.07. The Kier molecular flexibility index (Phi) is 4.87. The Morgan fingerprint density at radius 3 is 2.76 bits per heavy atom. The van der Waals surface area contributed by atoms with Gasteiger partial charge >= 0.3 is 5.97 Å². The van der Waals surface area contributed by atoms with Gasteiger partial charge in [-0.05, 0) is 30.3 Å². The number of esters is 1. The van der Waals surface area contributed by atoms with Crippen molar-refractivity contribution in [2.75, 3.05) is 24.3 Å². The lowest BCUT2D eigenvalue weighted by atomic mass is 10.2. The minimum absolute atomic E-state index is 0.367. The van der Waals surface area contributed by atoms with E-state index < -0.39 is 0 Å². The molecule has 0 saturated carbocycles. The fourth-order valence-corrected chi connectivity index (χ4v) is 1.63. The van der Waals surface area contributed by atoms with E-state index in [9.17, 15) is 4.79 Å². The van der Waals surface area contributed by atoms with E-state index in [0.29, 0.717) is 23.9 Å². The molecule has 0 fully saturated rings. The first-order chi connectivity index (χ1) is 10.2. The van der Waals surface area contributed by atoms with Crippen LogP contribution in [0.1, 0.15) is 10.4 Å². The number of rotatable bonds is 6. The zero-order valence-electron chi connectivity index (χ0n) is 11.7. The first kappa shape index (κ1) is 14.5. The number of hydrogen-bond donors (Lipinski definition) is 2. The Morgan fingerprint density at radius 1 is 1.33 bits per heavy atom. The number of nitrogens with one attached hydrogen (secondary N) is 2. The van der Waals surface area contributed by atoms with Gasteiger partial charge in [-0.15, -0.1) is 6.58 Å². The maximum absolute atomic E-state index is 11.3. The number of nitrogens with zero attached hydrogens (tertiary/aromatic N) is 2. The third-order valence-electron chi connectivity index (χ3n) is 2.65. The number of carbonyl (C=O) groups excluding carboxylic acids is 1. The highest BCUT2D eigenvalue weighted by Gasteiger charge is 2.05. The molecule has 0 atom stereocenters. The number of anilines is 3. The van der Waals surface area contributed by atoms with Crippen molar-refractivity contribution in [2.24, 2.45) is 0 Å². The van der Waals surface area contributed by atoms with Crippen LogP contribution in [0.2, 0.25) is 0 Å². The Bertz CT molecular complexity index is 626. The summed E-state index contributed by atoms with van der Waals surface area (Å²) in [5, 5.41) is 6.15. The number of carbonyl (C=O) groups is 1. The fourth-order valence-electron chi connectivity index (χ4n) is 1.63. The standard InChI is InChI=1S/C15H16N4O2/c1-3-9-16-13-8-10-17-15(19-13)18-12-6-4-11(5-7-12)14(20)21-2/h3-8,10H,1,9H2,2H3,(H2,16,17,18,19). The SMILES string of the molecule is C=CCNc1ccnc(Nc2ccc(C(=O)OC)cc2)n1. The van der Waals surface area contributed by atoms with Gasteiger partial charge in [0.25, 0.3) is 0 Å². The van der Waals surface area contributed by atoms with Crippen LogP contribution in [0.5, 0.6) is 0 Å². The van der Waals surface area contributed by atoms with Crippen LogP contribution in [0.4, 0.5) is 17.5 Å². The number of aromatic nitrogens is 2. The van der Waals surface area contributed by atoms with E-state index in [1.165, 1.54) is 7.11 Å². The summed E-state index contributed by atoms with van der Waals surface area (Å²) < 4.78 is 4.65. The monoisotopic (exact) mass is 284 g/mol. The van der Waals surface area contributed by atoms with Crippen LogP contribution in [0.15, 0.2) is 49.2 Å². The molecule has 21 heavy (non-hydrogen) atoms. The van der Waals surface area contributed by atoms with E-state index in [1.54, 1.807) is 42.6 Å². The van der Waals surface area contributed by atoms with Crippen LogP contribution in [0.3, 0.4) is 0 Å². The van der Waals surface area contributed by atoms with Crippen molar-refractivity contribution < 1.29 is 9.53 Å². The molecule has 6 nitrogen and oxygen atoms in total. The molecule has 1 aromatic carbocycles. The van der Waals surface area contributed by atoms with E-state index in [-0.39, 0.29) is 5.97 Å². The smallest absolute Gasteiger partial charge is 0.337 e. The van der Waals surface area contributed by atoms with Crippen LogP contribution >= 0.6 is 0 Å². The van der Waals surface area contributed by atoms with Gasteiger partial charge in [0.05, 0.1) is 12.7 Å². The van der Waals surface area contributed by atoms with Crippen molar-refractivity contribution in [3.8, 4) is 0 Å². The molecule has 1 aromatic heterocycles. The second-order valence-corrected chi connectivity index (χ2v) is 4.13. The van der Waals surface area contributed by atoms with Crippen molar-refractivity contribution in [1.82, 2.24) is 9.97 Å². The summed E-state index contributed by atoms with van der Waals surface area (Å²) in [6.07, 6.45) is 3.41. The van der Waals surface area contributed by atoms with Crippen LogP contribution in [-0.4, -0.2) is 29.6 Å². The van der Waals surface area contributed by atoms with Gasteiger partial charge in [-0.3, -0.25) is 0 Å². The lowest BCUT2D eigenvalue weighted by molar-refractivity contribution is 0.0601. The topological polar surface area (TPSA) is 76.1 Å². The molecule has 6 heteroatoms. The molecule has 2 N–H and O–H groups in total. The summed E-state index contributed by atoms with van der Waals surface area (Å²) in [6, 6.07) is 8.65. The molecule has 0 aliphatic carbocycles. The van der Waals surface area contributed by atoms with Gasteiger partial charge in [0, 0.05) is 18.4 Å². The molecule has 0 radical (unpaired) electrons. The van der Waals surface area contributed by atoms with Gasteiger partial charge in [-0.2, -0.15) is 4.98 Å².